The van der Waals surface area contributed by atoms with Crippen molar-refractivity contribution in [2.24, 2.45) is 5.73 Å². The van der Waals surface area contributed by atoms with E-state index in [1.807, 2.05) is 37.1 Å². The van der Waals surface area contributed by atoms with E-state index >= 15 is 0 Å². The molecule has 222 valence electrons. The predicted molar refractivity (Wildman–Crippen MR) is 155 cm³/mol. The number of benzene rings is 2. The number of halogens is 1. The smallest absolute Gasteiger partial charge is 0.123 e. The minimum absolute atomic E-state index is 0.158. The molecule has 1 aliphatic heterocycles. The number of aliphatic hydroxyl groups is 2. The molecule has 0 radical (unpaired) electrons. The van der Waals surface area contributed by atoms with Gasteiger partial charge in [-0.15, -0.1) is 0 Å². The van der Waals surface area contributed by atoms with Crippen molar-refractivity contribution >= 4 is 18.4 Å². The molecule has 2 aromatic carbocycles. The Morgan fingerprint density at radius 1 is 1.12 bits per heavy atom. The lowest BCUT2D eigenvalue weighted by Gasteiger charge is -2.45. The van der Waals surface area contributed by atoms with Gasteiger partial charge in [0.05, 0.1) is 26.9 Å². The van der Waals surface area contributed by atoms with Crippen molar-refractivity contribution in [3.63, 3.8) is 0 Å². The van der Waals surface area contributed by atoms with Gasteiger partial charge in [-0.25, -0.2) is 0 Å². The molecule has 1 heterocycles. The Morgan fingerprint density at radius 2 is 1.82 bits per heavy atom. The fourth-order valence-corrected chi connectivity index (χ4v) is 6.13. The molecular formula is C30H43ClN2O7. The Balaban J connectivity index is 0.00000216. The van der Waals surface area contributed by atoms with E-state index in [0.29, 0.717) is 54.7 Å². The third-order valence-electron chi connectivity index (χ3n) is 7.98. The topological polar surface area (TPSA) is 124 Å². The Morgan fingerprint density at radius 3 is 2.42 bits per heavy atom. The van der Waals surface area contributed by atoms with E-state index in [1.54, 1.807) is 27.4 Å². The summed E-state index contributed by atoms with van der Waals surface area (Å²) >= 11 is 6.84. The highest BCUT2D eigenvalue weighted by atomic mass is 35.5. The first-order valence-electron chi connectivity index (χ1n) is 13.6. The fraction of sp³-hybridized carbons (Fsp3) is 0.567. The lowest BCUT2D eigenvalue weighted by molar-refractivity contribution is -0.158. The number of hydrogen-bond acceptors (Lipinski definition) is 9. The molecule has 1 saturated heterocycles. The molecule has 10 heteroatoms. The molecule has 0 unspecified atom stereocenters. The molecule has 9 nitrogen and oxygen atoms in total. The van der Waals surface area contributed by atoms with E-state index in [4.69, 9.17) is 41.1 Å². The summed E-state index contributed by atoms with van der Waals surface area (Å²) in [6, 6.07) is 11.2. The van der Waals surface area contributed by atoms with E-state index in [1.165, 1.54) is 0 Å². The van der Waals surface area contributed by atoms with E-state index in [-0.39, 0.29) is 12.1 Å². The van der Waals surface area contributed by atoms with Gasteiger partial charge in [-0.1, -0.05) is 23.7 Å². The molecular weight excluding hydrogens is 536 g/mol. The Kier molecular flexibility index (Phi) is 12.2. The minimum atomic E-state index is -1.33. The van der Waals surface area contributed by atoms with Gasteiger partial charge in [-0.2, -0.15) is 0 Å². The summed E-state index contributed by atoms with van der Waals surface area (Å²) < 4.78 is 22.6. The maximum absolute atomic E-state index is 12.6. The zero-order valence-corrected chi connectivity index (χ0v) is 24.4. The largest absolute Gasteiger partial charge is 0.497 e. The minimum Gasteiger partial charge on any atom is -0.497 e. The quantitative estimate of drug-likeness (QED) is 0.344. The number of unbranched alkanes of at least 4 members (excludes halogenated alkanes) is 1. The van der Waals surface area contributed by atoms with Crippen LogP contribution in [-0.4, -0.2) is 93.8 Å². The molecule has 1 aliphatic carbocycles. The van der Waals surface area contributed by atoms with Crippen LogP contribution in [0.5, 0.6) is 11.5 Å². The first-order valence-corrected chi connectivity index (χ1v) is 14.0. The molecule has 4 rings (SSSR count). The second kappa shape index (κ2) is 15.1. The average molecular weight is 579 g/mol. The summed E-state index contributed by atoms with van der Waals surface area (Å²) in [4.78, 5) is 10.3. The fourth-order valence-electron chi connectivity index (χ4n) is 5.85. The van der Waals surface area contributed by atoms with E-state index < -0.39 is 17.8 Å². The zero-order valence-electron chi connectivity index (χ0n) is 23.7. The molecule has 0 spiro atoms. The van der Waals surface area contributed by atoms with Crippen molar-refractivity contribution in [2.45, 2.75) is 62.0 Å². The van der Waals surface area contributed by atoms with Gasteiger partial charge in [0.15, 0.2) is 0 Å². The molecule has 1 saturated carbocycles. The summed E-state index contributed by atoms with van der Waals surface area (Å²) in [5, 5.41) is 23.4. The molecule has 5 atom stereocenters. The van der Waals surface area contributed by atoms with Crippen molar-refractivity contribution in [1.29, 1.82) is 0 Å². The van der Waals surface area contributed by atoms with Gasteiger partial charge in [0, 0.05) is 55.5 Å². The van der Waals surface area contributed by atoms with Gasteiger partial charge in [-0.05, 0) is 61.4 Å². The molecule has 2 fully saturated rings. The van der Waals surface area contributed by atoms with Crippen molar-refractivity contribution < 1.29 is 34.0 Å². The SMILES string of the molecule is C=O.COCCCC[C@@](O)(c1cccc(Cl)c1-c1cc(OC)cc(OC)c1)[C@H]1CN([C@H]2C[C@@H](N)[C@@H](O)C2)CCO1. The number of nitrogens with zero attached hydrogens (tertiary/aromatic N) is 1. The van der Waals surface area contributed by atoms with Crippen molar-refractivity contribution in [2.75, 3.05) is 47.6 Å². The van der Waals surface area contributed by atoms with Crippen LogP contribution in [0.15, 0.2) is 36.4 Å². The van der Waals surface area contributed by atoms with Crippen LogP contribution in [0.3, 0.4) is 0 Å². The average Bonchev–Trinajstić information content (AvgIpc) is 3.33. The standard InChI is InChI=1S/C29H41ClN2O6.CH2O/c1-35-11-5-4-9-29(34,27-18-32(10-12-38-27)20-15-25(31)26(33)16-20)23-7-6-8-24(30)28(23)19-13-21(36-2)17-22(14-19)37-3;1-2/h6-8,13-14,17,20,25-27,33-34H,4-5,9-12,15-16,18,31H2,1-3H3;1H2/t20-,25+,26-,27+,29+;/m0./s1. The molecule has 0 aromatic heterocycles. The second-order valence-corrected chi connectivity index (χ2v) is 10.8. The summed E-state index contributed by atoms with van der Waals surface area (Å²) in [7, 11) is 4.89. The Labute approximate surface area is 242 Å². The molecule has 4 N–H and O–H groups in total. The van der Waals surface area contributed by atoms with Crippen molar-refractivity contribution in [3.8, 4) is 22.6 Å². The van der Waals surface area contributed by atoms with Gasteiger partial charge in [0.2, 0.25) is 0 Å². The molecule has 2 aliphatic rings. The number of ether oxygens (including phenoxy) is 4. The number of rotatable bonds is 11. The van der Waals surface area contributed by atoms with Crippen LogP contribution in [0.4, 0.5) is 0 Å². The van der Waals surface area contributed by atoms with Crippen molar-refractivity contribution in [1.82, 2.24) is 4.90 Å². The maximum atomic E-state index is 12.6. The van der Waals surface area contributed by atoms with Crippen LogP contribution in [0, 0.1) is 0 Å². The summed E-state index contributed by atoms with van der Waals surface area (Å²) in [6.07, 6.45) is 2.37. The van der Waals surface area contributed by atoms with Gasteiger partial charge in [0.1, 0.15) is 30.0 Å². The Bertz CT molecular complexity index is 1060. The van der Waals surface area contributed by atoms with Crippen LogP contribution >= 0.6 is 11.6 Å². The second-order valence-electron chi connectivity index (χ2n) is 10.3. The predicted octanol–water partition coefficient (Wildman–Crippen LogP) is 3.40. The molecule has 40 heavy (non-hydrogen) atoms. The van der Waals surface area contributed by atoms with Gasteiger partial charge in [-0.3, -0.25) is 4.90 Å². The first kappa shape index (κ1) is 32.3. The summed E-state index contributed by atoms with van der Waals surface area (Å²) in [5.74, 6) is 1.26. The third kappa shape index (κ3) is 7.33. The zero-order chi connectivity index (χ0) is 29.3. The number of carbonyl (C=O) groups is 1. The number of carbonyl (C=O) groups excluding carboxylic acids is 1. The van der Waals surface area contributed by atoms with Gasteiger partial charge < -0.3 is 39.7 Å². The molecule has 0 amide bonds. The number of aliphatic hydroxyl groups excluding tert-OH is 1. The van der Waals surface area contributed by atoms with E-state index in [2.05, 4.69) is 4.90 Å². The molecule has 0 bridgehead atoms. The van der Waals surface area contributed by atoms with Gasteiger partial charge in [0.25, 0.3) is 0 Å². The van der Waals surface area contributed by atoms with Crippen LogP contribution in [-0.2, 0) is 19.9 Å². The van der Waals surface area contributed by atoms with Crippen LogP contribution in [0.2, 0.25) is 5.02 Å². The lowest BCUT2D eigenvalue weighted by atomic mass is 9.78. The molecule has 2 aromatic rings. The van der Waals surface area contributed by atoms with E-state index in [0.717, 1.165) is 36.9 Å². The highest BCUT2D eigenvalue weighted by Crippen LogP contribution is 2.44. The monoisotopic (exact) mass is 578 g/mol. The lowest BCUT2D eigenvalue weighted by Crippen LogP contribution is -2.55. The maximum Gasteiger partial charge on any atom is 0.123 e. The highest BCUT2D eigenvalue weighted by molar-refractivity contribution is 6.33. The summed E-state index contributed by atoms with van der Waals surface area (Å²) in [6.45, 7) is 4.35. The number of methoxy groups -OCH3 is 3. The normalized spacial score (nSPS) is 24.6. The number of nitrogens with two attached hydrogens (primary N) is 1. The van der Waals surface area contributed by atoms with Crippen molar-refractivity contribution in [3.05, 3.63) is 47.0 Å². The first-order chi connectivity index (χ1) is 19.3. The third-order valence-corrected chi connectivity index (χ3v) is 8.29. The van der Waals surface area contributed by atoms with Crippen LogP contribution < -0.4 is 15.2 Å². The van der Waals surface area contributed by atoms with E-state index in [9.17, 15) is 10.2 Å². The number of morpholine rings is 1. The highest BCUT2D eigenvalue weighted by Gasteiger charge is 2.45. The summed E-state index contributed by atoms with van der Waals surface area (Å²) in [5.41, 5.74) is 7.00. The van der Waals surface area contributed by atoms with Crippen LogP contribution in [0.1, 0.15) is 37.7 Å². The van der Waals surface area contributed by atoms with Crippen LogP contribution in [0.25, 0.3) is 11.1 Å². The Hall–Kier alpha value is -2.24. The van der Waals surface area contributed by atoms with Gasteiger partial charge >= 0.3 is 0 Å². The number of hydrogen-bond donors (Lipinski definition) is 3.